The van der Waals surface area contributed by atoms with Gasteiger partial charge in [0.2, 0.25) is 0 Å². The minimum atomic E-state index is 0.680. The highest BCUT2D eigenvalue weighted by molar-refractivity contribution is 9.10. The van der Waals surface area contributed by atoms with Crippen LogP contribution in [0.3, 0.4) is 0 Å². The van der Waals surface area contributed by atoms with Crippen molar-refractivity contribution in [2.75, 3.05) is 25.6 Å². The van der Waals surface area contributed by atoms with E-state index < -0.39 is 0 Å². The monoisotopic (exact) mass is 263 g/mol. The third kappa shape index (κ3) is 3.55. The fourth-order valence-corrected chi connectivity index (χ4v) is 1.48. The van der Waals surface area contributed by atoms with Gasteiger partial charge in [-0.1, -0.05) is 11.6 Å². The molecule has 1 N–H and O–H groups in total. The molecule has 0 aliphatic heterocycles. The topological polar surface area (TPSA) is 21.3 Å². The highest BCUT2D eigenvalue weighted by atomic mass is 79.9. The lowest BCUT2D eigenvalue weighted by Crippen LogP contribution is -2.07. The Bertz CT molecular complexity index is 280. The van der Waals surface area contributed by atoms with Gasteiger partial charge in [-0.3, -0.25) is 0 Å². The van der Waals surface area contributed by atoms with Gasteiger partial charge in [0, 0.05) is 28.8 Å². The Kier molecular flexibility index (Phi) is 4.56. The predicted octanol–water partition coefficient (Wildman–Crippen LogP) is 3.16. The lowest BCUT2D eigenvalue weighted by atomic mass is 10.3. The normalized spacial score (nSPS) is 10.1. The largest absolute Gasteiger partial charge is 0.383 e. The van der Waals surface area contributed by atoms with Crippen LogP contribution in [0.4, 0.5) is 5.69 Å². The van der Waals surface area contributed by atoms with E-state index in [2.05, 4.69) is 21.2 Å². The highest BCUT2D eigenvalue weighted by Crippen LogP contribution is 2.25. The third-order valence-electron chi connectivity index (χ3n) is 1.55. The molecule has 72 valence electrons. The van der Waals surface area contributed by atoms with Crippen LogP contribution in [0, 0.1) is 0 Å². The molecule has 2 nitrogen and oxygen atoms in total. The number of methoxy groups -OCH3 is 1. The van der Waals surface area contributed by atoms with E-state index in [1.807, 2.05) is 18.2 Å². The second-order valence-corrected chi connectivity index (χ2v) is 3.83. The molecular formula is C9H11BrClNO. The first-order valence-corrected chi connectivity index (χ1v) is 5.09. The molecule has 1 aromatic rings. The Balaban J connectivity index is 2.59. The van der Waals surface area contributed by atoms with Gasteiger partial charge in [-0.05, 0) is 34.1 Å². The van der Waals surface area contributed by atoms with Gasteiger partial charge in [0.1, 0.15) is 0 Å². The first-order chi connectivity index (χ1) is 6.24. The molecule has 0 heterocycles. The minimum Gasteiger partial charge on any atom is -0.383 e. The zero-order chi connectivity index (χ0) is 9.68. The summed E-state index contributed by atoms with van der Waals surface area (Å²) in [4.78, 5) is 0. The van der Waals surface area contributed by atoms with Crippen molar-refractivity contribution in [3.63, 3.8) is 0 Å². The van der Waals surface area contributed by atoms with E-state index in [1.165, 1.54) is 0 Å². The Morgan fingerprint density at radius 1 is 1.54 bits per heavy atom. The van der Waals surface area contributed by atoms with Crippen molar-refractivity contribution >= 4 is 33.2 Å². The van der Waals surface area contributed by atoms with Crippen LogP contribution in [0.2, 0.25) is 5.02 Å². The molecule has 0 atom stereocenters. The molecule has 4 heteroatoms. The van der Waals surface area contributed by atoms with E-state index >= 15 is 0 Å². The molecule has 0 spiro atoms. The van der Waals surface area contributed by atoms with Crippen LogP contribution in [-0.4, -0.2) is 20.3 Å². The summed E-state index contributed by atoms with van der Waals surface area (Å²) in [5.74, 6) is 0. The fourth-order valence-electron chi connectivity index (χ4n) is 0.921. The lowest BCUT2D eigenvalue weighted by Gasteiger charge is -2.07. The molecule has 13 heavy (non-hydrogen) atoms. The summed E-state index contributed by atoms with van der Waals surface area (Å²) in [5, 5.41) is 3.92. The van der Waals surface area contributed by atoms with E-state index in [1.54, 1.807) is 7.11 Å². The van der Waals surface area contributed by atoms with Gasteiger partial charge in [0.15, 0.2) is 0 Å². The summed E-state index contributed by atoms with van der Waals surface area (Å²) in [6, 6.07) is 5.63. The first kappa shape index (κ1) is 10.8. The van der Waals surface area contributed by atoms with Crippen molar-refractivity contribution < 1.29 is 4.74 Å². The van der Waals surface area contributed by atoms with Gasteiger partial charge in [-0.25, -0.2) is 0 Å². The van der Waals surface area contributed by atoms with Crippen LogP contribution in [-0.2, 0) is 4.74 Å². The van der Waals surface area contributed by atoms with Crippen LogP contribution in [0.1, 0.15) is 0 Å². The molecule has 0 radical (unpaired) electrons. The van der Waals surface area contributed by atoms with Crippen LogP contribution < -0.4 is 5.32 Å². The molecule has 1 aromatic carbocycles. The van der Waals surface area contributed by atoms with Gasteiger partial charge in [-0.2, -0.15) is 0 Å². The molecule has 0 saturated carbocycles. The van der Waals surface area contributed by atoms with E-state index in [4.69, 9.17) is 16.3 Å². The van der Waals surface area contributed by atoms with E-state index in [-0.39, 0.29) is 0 Å². The standard InChI is InChI=1S/C9H11BrClNO/c1-13-5-4-12-9-6-7(11)2-3-8(9)10/h2-3,6,12H,4-5H2,1H3. The second-order valence-electron chi connectivity index (χ2n) is 2.54. The van der Waals surface area contributed by atoms with E-state index in [0.717, 1.165) is 21.7 Å². The smallest absolute Gasteiger partial charge is 0.0635 e. The van der Waals surface area contributed by atoms with Crippen molar-refractivity contribution in [2.24, 2.45) is 0 Å². The number of nitrogens with one attached hydrogen (secondary N) is 1. The van der Waals surface area contributed by atoms with Crippen LogP contribution in [0.25, 0.3) is 0 Å². The summed E-state index contributed by atoms with van der Waals surface area (Å²) >= 11 is 9.26. The van der Waals surface area contributed by atoms with Gasteiger partial charge in [0.25, 0.3) is 0 Å². The summed E-state index contributed by atoms with van der Waals surface area (Å²) in [7, 11) is 1.68. The van der Waals surface area contributed by atoms with E-state index in [9.17, 15) is 0 Å². The Hall–Kier alpha value is -0.250. The molecule has 0 aliphatic carbocycles. The number of rotatable bonds is 4. The van der Waals surface area contributed by atoms with Gasteiger partial charge < -0.3 is 10.1 Å². The van der Waals surface area contributed by atoms with Gasteiger partial charge in [-0.15, -0.1) is 0 Å². The molecule has 0 amide bonds. The molecule has 0 aromatic heterocycles. The summed E-state index contributed by atoms with van der Waals surface area (Å²) in [6.07, 6.45) is 0. The van der Waals surface area contributed by atoms with Crippen molar-refractivity contribution in [3.05, 3.63) is 27.7 Å². The zero-order valence-electron chi connectivity index (χ0n) is 7.31. The molecule has 0 aliphatic rings. The molecule has 1 rings (SSSR count). The van der Waals surface area contributed by atoms with Gasteiger partial charge in [0.05, 0.1) is 6.61 Å². The number of hydrogen-bond acceptors (Lipinski definition) is 2. The van der Waals surface area contributed by atoms with Gasteiger partial charge >= 0.3 is 0 Å². The maximum absolute atomic E-state index is 5.84. The SMILES string of the molecule is COCCNc1cc(Cl)ccc1Br. The molecule has 0 fully saturated rings. The highest BCUT2D eigenvalue weighted by Gasteiger charge is 1.98. The van der Waals surface area contributed by atoms with Crippen LogP contribution in [0.15, 0.2) is 22.7 Å². The number of ether oxygens (including phenoxy) is 1. The second kappa shape index (κ2) is 5.47. The fraction of sp³-hybridized carbons (Fsp3) is 0.333. The third-order valence-corrected chi connectivity index (χ3v) is 2.48. The predicted molar refractivity (Wildman–Crippen MR) is 59.5 cm³/mol. The Morgan fingerprint density at radius 3 is 3.00 bits per heavy atom. The summed E-state index contributed by atoms with van der Waals surface area (Å²) in [5.41, 5.74) is 0.990. The molecule has 0 saturated heterocycles. The summed E-state index contributed by atoms with van der Waals surface area (Å²) in [6.45, 7) is 1.45. The van der Waals surface area contributed by atoms with Crippen molar-refractivity contribution in [2.45, 2.75) is 0 Å². The molecule has 0 unspecified atom stereocenters. The minimum absolute atomic E-state index is 0.680. The number of hydrogen-bond donors (Lipinski definition) is 1. The molecular weight excluding hydrogens is 253 g/mol. The first-order valence-electron chi connectivity index (χ1n) is 3.92. The zero-order valence-corrected chi connectivity index (χ0v) is 9.65. The van der Waals surface area contributed by atoms with Crippen molar-refractivity contribution in [1.82, 2.24) is 0 Å². The average Bonchev–Trinajstić information content (AvgIpc) is 2.11. The quantitative estimate of drug-likeness (QED) is 0.844. The Morgan fingerprint density at radius 2 is 2.31 bits per heavy atom. The number of benzene rings is 1. The number of halogens is 2. The van der Waals surface area contributed by atoms with E-state index in [0.29, 0.717) is 6.61 Å². The maximum atomic E-state index is 5.84. The van der Waals surface area contributed by atoms with Crippen molar-refractivity contribution in [1.29, 1.82) is 0 Å². The van der Waals surface area contributed by atoms with Crippen LogP contribution in [0.5, 0.6) is 0 Å². The molecule has 0 bridgehead atoms. The Labute approximate surface area is 91.4 Å². The maximum Gasteiger partial charge on any atom is 0.0635 e. The summed E-state index contributed by atoms with van der Waals surface area (Å²) < 4.78 is 5.93. The average molecular weight is 265 g/mol. The number of anilines is 1. The van der Waals surface area contributed by atoms with Crippen LogP contribution >= 0.6 is 27.5 Å². The van der Waals surface area contributed by atoms with Crippen molar-refractivity contribution in [3.8, 4) is 0 Å². The lowest BCUT2D eigenvalue weighted by molar-refractivity contribution is 0.211.